The molecule has 33 heavy (non-hydrogen) atoms. The number of benzene rings is 2. The molecule has 1 heterocycles. The molecule has 0 radical (unpaired) electrons. The summed E-state index contributed by atoms with van der Waals surface area (Å²) in [5, 5.41) is 3.03. The second-order valence-corrected chi connectivity index (χ2v) is 11.1. The van der Waals surface area contributed by atoms with E-state index in [1.165, 1.54) is 5.56 Å². The summed E-state index contributed by atoms with van der Waals surface area (Å²) in [7, 11) is 0. The lowest BCUT2D eigenvalue weighted by Crippen LogP contribution is -2.15. The van der Waals surface area contributed by atoms with Gasteiger partial charge in [-0.1, -0.05) is 70.5 Å². The van der Waals surface area contributed by atoms with E-state index in [0.717, 1.165) is 51.8 Å². The molecular formula is C27H35N3OS2. The Kier molecular flexibility index (Phi) is 9.95. The molecule has 1 atom stereocenters. The van der Waals surface area contributed by atoms with Crippen LogP contribution in [0.2, 0.25) is 0 Å². The maximum absolute atomic E-state index is 13.3. The van der Waals surface area contributed by atoms with Gasteiger partial charge in [-0.2, -0.15) is 0 Å². The molecule has 4 nitrogen and oxygen atoms in total. The molecule has 0 saturated heterocycles. The van der Waals surface area contributed by atoms with E-state index in [1.54, 1.807) is 23.5 Å². The lowest BCUT2D eigenvalue weighted by Gasteiger charge is -2.17. The van der Waals surface area contributed by atoms with E-state index in [-0.39, 0.29) is 5.91 Å². The van der Waals surface area contributed by atoms with E-state index >= 15 is 0 Å². The quantitative estimate of drug-likeness (QED) is 0.261. The minimum Gasteiger partial charge on any atom is -0.328 e. The molecule has 2 aromatic carbocycles. The van der Waals surface area contributed by atoms with Crippen molar-refractivity contribution in [1.82, 2.24) is 9.97 Å². The number of imidazole rings is 1. The Balaban J connectivity index is 1.80. The van der Waals surface area contributed by atoms with E-state index in [2.05, 4.69) is 73.3 Å². The Morgan fingerprint density at radius 3 is 2.24 bits per heavy atom. The molecule has 0 bridgehead atoms. The number of carbonyl (C=O) groups excluding carboxylic acids is 1. The predicted molar refractivity (Wildman–Crippen MR) is 143 cm³/mol. The third-order valence-corrected chi connectivity index (χ3v) is 7.38. The summed E-state index contributed by atoms with van der Waals surface area (Å²) in [6.07, 6.45) is 5.07. The lowest BCUT2D eigenvalue weighted by molar-refractivity contribution is 0.102. The molecule has 0 aliphatic carbocycles. The molecule has 0 aliphatic heterocycles. The fourth-order valence-electron chi connectivity index (χ4n) is 3.86. The van der Waals surface area contributed by atoms with E-state index in [1.807, 2.05) is 24.4 Å². The molecule has 0 saturated carbocycles. The van der Waals surface area contributed by atoms with Crippen LogP contribution in [0, 0.1) is 5.92 Å². The minimum absolute atomic E-state index is 0.106. The van der Waals surface area contributed by atoms with Crippen molar-refractivity contribution in [2.75, 3.05) is 16.8 Å². The van der Waals surface area contributed by atoms with E-state index < -0.39 is 0 Å². The molecule has 3 rings (SSSR count). The first kappa shape index (κ1) is 25.4. The maximum Gasteiger partial charge on any atom is 0.260 e. The van der Waals surface area contributed by atoms with Gasteiger partial charge in [0.15, 0.2) is 0 Å². The van der Waals surface area contributed by atoms with Gasteiger partial charge < -0.3 is 4.98 Å². The molecule has 2 N–H and O–H groups in total. The number of aromatic nitrogens is 2. The van der Waals surface area contributed by atoms with Crippen LogP contribution < -0.4 is 5.32 Å². The van der Waals surface area contributed by atoms with Gasteiger partial charge in [0.2, 0.25) is 5.95 Å². The zero-order valence-electron chi connectivity index (χ0n) is 20.1. The number of H-pyrrole nitrogens is 1. The second kappa shape index (κ2) is 12.9. The van der Waals surface area contributed by atoms with Gasteiger partial charge in [0.05, 0.1) is 11.8 Å². The van der Waals surface area contributed by atoms with Crippen molar-refractivity contribution >= 4 is 35.4 Å². The summed E-state index contributed by atoms with van der Waals surface area (Å²) in [6.45, 7) is 8.73. The van der Waals surface area contributed by atoms with Crippen LogP contribution in [-0.4, -0.2) is 27.4 Å². The number of hydrogen-bond donors (Lipinski definition) is 2. The first-order chi connectivity index (χ1) is 16.0. The van der Waals surface area contributed by atoms with Crippen molar-refractivity contribution in [2.45, 2.75) is 62.7 Å². The topological polar surface area (TPSA) is 57.8 Å². The van der Waals surface area contributed by atoms with Gasteiger partial charge in [-0.15, -0.1) is 23.5 Å². The number of nitrogens with zero attached hydrogens (tertiary/aromatic N) is 1. The molecule has 0 spiro atoms. The van der Waals surface area contributed by atoms with Crippen molar-refractivity contribution < 1.29 is 4.79 Å². The van der Waals surface area contributed by atoms with Crippen LogP contribution in [-0.2, 0) is 6.42 Å². The molecule has 0 aliphatic rings. The smallest absolute Gasteiger partial charge is 0.260 e. The number of rotatable bonds is 12. The number of nitrogens with one attached hydrogen (secondary N) is 2. The molecule has 3 aromatic rings. The fourth-order valence-corrected chi connectivity index (χ4v) is 5.59. The number of amides is 1. The molecule has 0 fully saturated rings. The highest BCUT2D eigenvalue weighted by atomic mass is 32.2. The average molecular weight is 482 g/mol. The minimum atomic E-state index is -0.106. The van der Waals surface area contributed by atoms with Gasteiger partial charge in [0.25, 0.3) is 5.91 Å². The Hall–Kier alpha value is -2.18. The molecule has 1 unspecified atom stereocenters. The number of aromatic amines is 1. The van der Waals surface area contributed by atoms with Crippen molar-refractivity contribution in [3.63, 3.8) is 0 Å². The maximum atomic E-state index is 13.3. The van der Waals surface area contributed by atoms with Crippen LogP contribution in [0.3, 0.4) is 0 Å². The third-order valence-electron chi connectivity index (χ3n) is 5.50. The SMILES string of the molecule is CCSc1cccc(SCC)c1C(=O)Nc1ncc(C(CCC(C)C)Cc2ccccc2)[nH]1. The van der Waals surface area contributed by atoms with Gasteiger partial charge in [-0.25, -0.2) is 4.98 Å². The van der Waals surface area contributed by atoms with Crippen LogP contribution in [0.15, 0.2) is 64.5 Å². The van der Waals surface area contributed by atoms with E-state index in [4.69, 9.17) is 0 Å². The summed E-state index contributed by atoms with van der Waals surface area (Å²) in [5.74, 6) is 3.23. The molecule has 1 amide bonds. The summed E-state index contributed by atoms with van der Waals surface area (Å²) in [5.41, 5.74) is 3.14. The Morgan fingerprint density at radius 1 is 0.970 bits per heavy atom. The first-order valence-electron chi connectivity index (χ1n) is 11.8. The van der Waals surface area contributed by atoms with Crippen molar-refractivity contribution in [2.24, 2.45) is 5.92 Å². The van der Waals surface area contributed by atoms with E-state index in [0.29, 0.717) is 17.8 Å². The van der Waals surface area contributed by atoms with Crippen molar-refractivity contribution in [1.29, 1.82) is 0 Å². The van der Waals surface area contributed by atoms with Gasteiger partial charge in [0, 0.05) is 21.4 Å². The second-order valence-electron chi connectivity index (χ2n) is 8.49. The summed E-state index contributed by atoms with van der Waals surface area (Å²) >= 11 is 3.39. The highest BCUT2D eigenvalue weighted by Gasteiger charge is 2.20. The number of hydrogen-bond acceptors (Lipinski definition) is 4. The normalized spacial score (nSPS) is 12.2. The number of thioether (sulfide) groups is 2. The van der Waals surface area contributed by atoms with Gasteiger partial charge in [-0.05, 0) is 48.0 Å². The molecular weight excluding hydrogens is 446 g/mol. The zero-order valence-corrected chi connectivity index (χ0v) is 21.7. The summed E-state index contributed by atoms with van der Waals surface area (Å²) < 4.78 is 0. The average Bonchev–Trinajstić information content (AvgIpc) is 3.26. The predicted octanol–water partition coefficient (Wildman–Crippen LogP) is 7.65. The lowest BCUT2D eigenvalue weighted by atomic mass is 9.90. The monoisotopic (exact) mass is 481 g/mol. The number of anilines is 1. The van der Waals surface area contributed by atoms with Crippen LogP contribution in [0.5, 0.6) is 0 Å². The molecule has 176 valence electrons. The molecule has 6 heteroatoms. The van der Waals surface area contributed by atoms with E-state index in [9.17, 15) is 4.79 Å². The summed E-state index contributed by atoms with van der Waals surface area (Å²) in [6, 6.07) is 16.7. The highest BCUT2D eigenvalue weighted by Crippen LogP contribution is 2.32. The van der Waals surface area contributed by atoms with Gasteiger partial charge in [0.1, 0.15) is 0 Å². The van der Waals surface area contributed by atoms with Crippen molar-refractivity contribution in [3.05, 3.63) is 71.5 Å². The highest BCUT2D eigenvalue weighted by molar-refractivity contribution is 8.00. The fraction of sp³-hybridized carbons (Fsp3) is 0.407. The Labute approximate surface area is 206 Å². The standard InChI is InChI=1S/C27H35N3OS2/c1-5-32-23-13-10-14-24(33-6-2)25(23)26(31)30-27-28-18-22(29-27)21(16-15-19(3)4)17-20-11-8-7-9-12-20/h7-14,18-19,21H,5-6,15-17H2,1-4H3,(H2,28,29,30,31). The van der Waals surface area contributed by atoms with Crippen LogP contribution in [0.4, 0.5) is 5.95 Å². The Morgan fingerprint density at radius 2 is 1.64 bits per heavy atom. The van der Waals surface area contributed by atoms with Crippen LogP contribution >= 0.6 is 23.5 Å². The van der Waals surface area contributed by atoms with Crippen molar-refractivity contribution in [3.8, 4) is 0 Å². The van der Waals surface area contributed by atoms with Crippen LogP contribution in [0.1, 0.15) is 68.1 Å². The summed E-state index contributed by atoms with van der Waals surface area (Å²) in [4.78, 5) is 23.2. The van der Waals surface area contributed by atoms with Crippen LogP contribution in [0.25, 0.3) is 0 Å². The molecule has 1 aromatic heterocycles. The van der Waals surface area contributed by atoms with Gasteiger partial charge in [-0.3, -0.25) is 10.1 Å². The first-order valence-corrected chi connectivity index (χ1v) is 13.8. The zero-order chi connectivity index (χ0) is 23.6. The Bertz CT molecular complexity index is 993. The number of carbonyl (C=O) groups is 1. The third kappa shape index (κ3) is 7.41. The largest absolute Gasteiger partial charge is 0.328 e. The van der Waals surface area contributed by atoms with Gasteiger partial charge >= 0.3 is 0 Å².